The Morgan fingerprint density at radius 1 is 1.50 bits per heavy atom. The fourth-order valence-corrected chi connectivity index (χ4v) is 3.69. The zero-order chi connectivity index (χ0) is 16.5. The van der Waals surface area contributed by atoms with Gasteiger partial charge in [0.05, 0.1) is 12.3 Å². The van der Waals surface area contributed by atoms with E-state index in [2.05, 4.69) is 5.32 Å². The minimum absolute atomic E-state index is 0.104. The lowest BCUT2D eigenvalue weighted by atomic mass is 9.96. The maximum Gasteiger partial charge on any atom is 0.335 e. The highest BCUT2D eigenvalue weighted by Crippen LogP contribution is 2.33. The van der Waals surface area contributed by atoms with Crippen LogP contribution in [0.1, 0.15) is 6.92 Å². The second-order valence-electron chi connectivity index (χ2n) is 5.03. The molecule has 9 heteroatoms. The van der Waals surface area contributed by atoms with Gasteiger partial charge in [-0.3, -0.25) is 5.41 Å². The quantitative estimate of drug-likeness (QED) is 0.806. The monoisotopic (exact) mass is 329 g/mol. The third-order valence-corrected chi connectivity index (χ3v) is 5.51. The van der Waals surface area contributed by atoms with Gasteiger partial charge in [-0.2, -0.15) is 4.31 Å². The van der Waals surface area contributed by atoms with Crippen molar-refractivity contribution in [3.05, 3.63) is 35.8 Å². The molecule has 2 amide bonds. The Labute approximate surface area is 127 Å². The molecule has 0 bridgehead atoms. The summed E-state index contributed by atoms with van der Waals surface area (Å²) in [6, 6.07) is -0.806. The van der Waals surface area contributed by atoms with Gasteiger partial charge in [0.25, 0.3) is 10.0 Å². The fraction of sp³-hybridized carbons (Fsp3) is 0.385. The maximum atomic E-state index is 14.0. The molecule has 1 aliphatic heterocycles. The van der Waals surface area contributed by atoms with Crippen LogP contribution in [0.5, 0.6) is 0 Å². The standard InChI is InChI=1S/C13H16FN3O4S/c1-13(6-9(8-21-2)11(15)10(14)7-13)22(19,20)17-5-3-4-16-12(17)18/h3,5-7,15H,4,8H2,1-2H3,(H,16,18). The fourth-order valence-electron chi connectivity index (χ4n) is 2.20. The molecule has 1 aliphatic carbocycles. The summed E-state index contributed by atoms with van der Waals surface area (Å²) >= 11 is 0. The van der Waals surface area contributed by atoms with Crippen LogP contribution >= 0.6 is 0 Å². The van der Waals surface area contributed by atoms with Crippen molar-refractivity contribution in [2.24, 2.45) is 0 Å². The third kappa shape index (κ3) is 2.57. The van der Waals surface area contributed by atoms with E-state index in [1.807, 2.05) is 0 Å². The van der Waals surface area contributed by atoms with Crippen LogP contribution in [-0.4, -0.2) is 49.5 Å². The zero-order valence-electron chi connectivity index (χ0n) is 12.1. The first-order valence-corrected chi connectivity index (χ1v) is 7.84. The number of carbonyl (C=O) groups excluding carboxylic acids is 1. The molecule has 7 nitrogen and oxygen atoms in total. The smallest absolute Gasteiger partial charge is 0.335 e. The van der Waals surface area contributed by atoms with E-state index < -0.39 is 32.3 Å². The summed E-state index contributed by atoms with van der Waals surface area (Å²) in [6.45, 7) is 1.38. The molecule has 120 valence electrons. The summed E-state index contributed by atoms with van der Waals surface area (Å²) in [6.07, 6.45) is 4.65. The van der Waals surface area contributed by atoms with Crippen molar-refractivity contribution < 1.29 is 22.3 Å². The first-order chi connectivity index (χ1) is 10.2. The highest BCUT2D eigenvalue weighted by atomic mass is 32.2. The Hall–Kier alpha value is -2.00. The average Bonchev–Trinajstić information content (AvgIpc) is 2.44. The van der Waals surface area contributed by atoms with E-state index >= 15 is 0 Å². The van der Waals surface area contributed by atoms with E-state index in [0.717, 1.165) is 12.3 Å². The SMILES string of the molecule is COCC1=CC(C)(S(=O)(=O)N2C=CCNC2=O)C=C(F)C1=N. The normalized spacial score (nSPS) is 25.7. The molecule has 2 aliphatic rings. The van der Waals surface area contributed by atoms with Crippen molar-refractivity contribution >= 4 is 21.8 Å². The summed E-state index contributed by atoms with van der Waals surface area (Å²) in [5, 5.41) is 10.00. The first kappa shape index (κ1) is 16.4. The van der Waals surface area contributed by atoms with Crippen LogP contribution in [0.4, 0.5) is 9.18 Å². The number of sulfonamides is 1. The molecular weight excluding hydrogens is 313 g/mol. The lowest BCUT2D eigenvalue weighted by molar-refractivity contribution is 0.228. The van der Waals surface area contributed by atoms with Gasteiger partial charge in [0.1, 0.15) is 10.6 Å². The first-order valence-electron chi connectivity index (χ1n) is 6.40. The van der Waals surface area contributed by atoms with Crippen LogP contribution in [0.15, 0.2) is 35.8 Å². The maximum absolute atomic E-state index is 14.0. The summed E-state index contributed by atoms with van der Waals surface area (Å²) in [5.41, 5.74) is -0.317. The van der Waals surface area contributed by atoms with E-state index in [1.165, 1.54) is 26.2 Å². The van der Waals surface area contributed by atoms with Gasteiger partial charge in [0.15, 0.2) is 0 Å². The number of methoxy groups -OCH3 is 1. The van der Waals surface area contributed by atoms with Gasteiger partial charge >= 0.3 is 6.03 Å². The molecule has 0 spiro atoms. The zero-order valence-corrected chi connectivity index (χ0v) is 12.9. The summed E-state index contributed by atoms with van der Waals surface area (Å²) in [7, 11) is -2.89. The Bertz CT molecular complexity index is 711. The number of urea groups is 1. The van der Waals surface area contributed by atoms with Gasteiger partial charge in [-0.1, -0.05) is 6.08 Å². The lowest BCUT2D eigenvalue weighted by Crippen LogP contribution is -2.51. The Morgan fingerprint density at radius 2 is 2.18 bits per heavy atom. The number of halogens is 1. The van der Waals surface area contributed by atoms with Crippen LogP contribution < -0.4 is 5.32 Å². The van der Waals surface area contributed by atoms with E-state index in [0.29, 0.717) is 4.31 Å². The molecule has 0 aromatic rings. The number of ether oxygens (including phenoxy) is 1. The van der Waals surface area contributed by atoms with Crippen molar-refractivity contribution in [1.82, 2.24) is 9.62 Å². The summed E-state index contributed by atoms with van der Waals surface area (Å²) in [5.74, 6) is -0.970. The third-order valence-electron chi connectivity index (χ3n) is 3.36. The molecule has 0 radical (unpaired) electrons. The minimum Gasteiger partial charge on any atom is -0.380 e. The Balaban J connectivity index is 2.52. The number of carbonyl (C=O) groups is 1. The van der Waals surface area contributed by atoms with Crippen LogP contribution in [0.25, 0.3) is 0 Å². The second kappa shape index (κ2) is 5.65. The molecule has 1 atom stereocenters. The van der Waals surface area contributed by atoms with Crippen molar-refractivity contribution in [2.45, 2.75) is 11.7 Å². The van der Waals surface area contributed by atoms with Crippen LogP contribution in [0.3, 0.4) is 0 Å². The number of nitrogens with one attached hydrogen (secondary N) is 2. The van der Waals surface area contributed by atoms with Gasteiger partial charge < -0.3 is 10.1 Å². The van der Waals surface area contributed by atoms with Crippen molar-refractivity contribution in [2.75, 3.05) is 20.3 Å². The number of hydrogen-bond donors (Lipinski definition) is 2. The van der Waals surface area contributed by atoms with Crippen LogP contribution in [-0.2, 0) is 14.8 Å². The molecule has 22 heavy (non-hydrogen) atoms. The predicted octanol–water partition coefficient (Wildman–Crippen LogP) is 1.07. The van der Waals surface area contributed by atoms with Gasteiger partial charge in [0, 0.05) is 25.4 Å². The Kier molecular flexibility index (Phi) is 4.21. The van der Waals surface area contributed by atoms with Crippen molar-refractivity contribution in [3.63, 3.8) is 0 Å². The molecular formula is C13H16FN3O4S. The summed E-state index contributed by atoms with van der Waals surface area (Å²) < 4.78 is 43.0. The van der Waals surface area contributed by atoms with E-state index in [-0.39, 0.29) is 18.7 Å². The highest BCUT2D eigenvalue weighted by molar-refractivity contribution is 7.91. The topological polar surface area (TPSA) is 99.6 Å². The molecule has 2 rings (SSSR count). The largest absolute Gasteiger partial charge is 0.380 e. The summed E-state index contributed by atoms with van der Waals surface area (Å²) in [4.78, 5) is 11.8. The van der Waals surface area contributed by atoms with Crippen molar-refractivity contribution in [1.29, 1.82) is 5.41 Å². The Morgan fingerprint density at radius 3 is 2.77 bits per heavy atom. The van der Waals surface area contributed by atoms with Gasteiger partial charge in [0.2, 0.25) is 0 Å². The molecule has 0 saturated heterocycles. The number of nitrogens with zero attached hydrogens (tertiary/aromatic N) is 1. The molecule has 0 aromatic heterocycles. The van der Waals surface area contributed by atoms with Gasteiger partial charge in [-0.25, -0.2) is 17.6 Å². The minimum atomic E-state index is -4.25. The number of hydrogen-bond acceptors (Lipinski definition) is 5. The molecule has 0 saturated carbocycles. The molecule has 0 fully saturated rings. The predicted molar refractivity (Wildman–Crippen MR) is 78.6 cm³/mol. The van der Waals surface area contributed by atoms with Gasteiger partial charge in [-0.05, 0) is 19.1 Å². The number of rotatable bonds is 4. The molecule has 0 aromatic carbocycles. The van der Waals surface area contributed by atoms with E-state index in [1.54, 1.807) is 0 Å². The molecule has 1 heterocycles. The molecule has 2 N–H and O–H groups in total. The van der Waals surface area contributed by atoms with Gasteiger partial charge in [-0.15, -0.1) is 0 Å². The van der Waals surface area contributed by atoms with Crippen molar-refractivity contribution in [3.8, 4) is 0 Å². The van der Waals surface area contributed by atoms with E-state index in [4.69, 9.17) is 10.1 Å². The van der Waals surface area contributed by atoms with Crippen LogP contribution in [0.2, 0.25) is 0 Å². The highest BCUT2D eigenvalue weighted by Gasteiger charge is 2.45. The second-order valence-corrected chi connectivity index (χ2v) is 7.25. The molecule has 1 unspecified atom stereocenters. The number of allylic oxidation sites excluding steroid dienone is 1. The van der Waals surface area contributed by atoms with Crippen LogP contribution in [0, 0.1) is 5.41 Å². The van der Waals surface area contributed by atoms with E-state index in [9.17, 15) is 17.6 Å². The number of amides is 2. The lowest BCUT2D eigenvalue weighted by Gasteiger charge is -2.33. The average molecular weight is 329 g/mol.